The molecular formula is C18H23N3O2. The van der Waals surface area contributed by atoms with Gasteiger partial charge < -0.3 is 14.9 Å². The quantitative estimate of drug-likeness (QED) is 0.911. The van der Waals surface area contributed by atoms with E-state index in [9.17, 15) is 9.59 Å². The predicted octanol–water partition coefficient (Wildman–Crippen LogP) is 2.67. The van der Waals surface area contributed by atoms with Crippen molar-refractivity contribution < 1.29 is 4.79 Å². The summed E-state index contributed by atoms with van der Waals surface area (Å²) >= 11 is 0. The van der Waals surface area contributed by atoms with E-state index in [0.717, 1.165) is 22.6 Å². The molecule has 2 heterocycles. The molecule has 0 radical (unpaired) electrons. The maximum Gasteiger partial charge on any atom is 0.253 e. The van der Waals surface area contributed by atoms with Crippen molar-refractivity contribution >= 4 is 5.91 Å². The van der Waals surface area contributed by atoms with E-state index in [4.69, 9.17) is 0 Å². The summed E-state index contributed by atoms with van der Waals surface area (Å²) in [6, 6.07) is 4.41. The van der Waals surface area contributed by atoms with Crippen LogP contribution in [0, 0.1) is 27.7 Å². The first-order chi connectivity index (χ1) is 10.9. The summed E-state index contributed by atoms with van der Waals surface area (Å²) in [6.45, 7) is 8.01. The second kappa shape index (κ2) is 5.72. The summed E-state index contributed by atoms with van der Waals surface area (Å²) in [4.78, 5) is 27.3. The monoisotopic (exact) mass is 313 g/mol. The number of nitrogens with zero attached hydrogens (tertiary/aromatic N) is 1. The molecular weight excluding hydrogens is 290 g/mol. The number of pyridine rings is 1. The maximum absolute atomic E-state index is 12.5. The highest BCUT2D eigenvalue weighted by molar-refractivity contribution is 5.95. The van der Waals surface area contributed by atoms with E-state index in [1.165, 1.54) is 12.8 Å². The standard InChI is InChI=1S/C18H23N3O2/c1-10-7-11(2)20-18(23)16(10)9-19-17(22)15-8-12(3)21(13(15)4)14-5-6-14/h7-8,14H,5-6,9H2,1-4H3,(H,19,22)(H,20,23). The van der Waals surface area contributed by atoms with Crippen LogP contribution >= 0.6 is 0 Å². The summed E-state index contributed by atoms with van der Waals surface area (Å²) < 4.78 is 2.25. The molecule has 0 spiro atoms. The van der Waals surface area contributed by atoms with Gasteiger partial charge in [0.1, 0.15) is 0 Å². The molecule has 5 nitrogen and oxygen atoms in total. The minimum atomic E-state index is -0.133. The van der Waals surface area contributed by atoms with Crippen LogP contribution in [0.4, 0.5) is 0 Å². The molecule has 0 bridgehead atoms. The number of nitrogens with one attached hydrogen (secondary N) is 2. The number of aromatic amines is 1. The van der Waals surface area contributed by atoms with Crippen LogP contribution < -0.4 is 10.9 Å². The third kappa shape index (κ3) is 2.96. The number of aryl methyl sites for hydroxylation is 3. The van der Waals surface area contributed by atoms with Gasteiger partial charge in [-0.3, -0.25) is 9.59 Å². The Morgan fingerprint density at radius 2 is 1.96 bits per heavy atom. The highest BCUT2D eigenvalue weighted by Crippen LogP contribution is 2.38. The predicted molar refractivity (Wildman–Crippen MR) is 89.9 cm³/mol. The summed E-state index contributed by atoms with van der Waals surface area (Å²) in [5, 5.41) is 2.88. The van der Waals surface area contributed by atoms with Crippen LogP contribution in [-0.4, -0.2) is 15.5 Å². The van der Waals surface area contributed by atoms with Gasteiger partial charge in [0.2, 0.25) is 0 Å². The van der Waals surface area contributed by atoms with Gasteiger partial charge in [0, 0.05) is 35.2 Å². The minimum Gasteiger partial charge on any atom is -0.348 e. The molecule has 1 saturated carbocycles. The number of amides is 1. The zero-order valence-corrected chi connectivity index (χ0v) is 14.1. The fraction of sp³-hybridized carbons (Fsp3) is 0.444. The molecule has 0 aromatic carbocycles. The number of carbonyl (C=O) groups is 1. The highest BCUT2D eigenvalue weighted by Gasteiger charge is 2.28. The van der Waals surface area contributed by atoms with E-state index >= 15 is 0 Å². The van der Waals surface area contributed by atoms with Crippen molar-refractivity contribution in [3.05, 3.63) is 56.3 Å². The number of H-pyrrole nitrogens is 1. The molecule has 0 aliphatic heterocycles. The molecule has 2 aromatic rings. The van der Waals surface area contributed by atoms with Crippen molar-refractivity contribution in [1.82, 2.24) is 14.9 Å². The van der Waals surface area contributed by atoms with Crippen LogP contribution in [-0.2, 0) is 6.54 Å². The van der Waals surface area contributed by atoms with Crippen molar-refractivity contribution in [1.29, 1.82) is 0 Å². The normalized spacial score (nSPS) is 14.1. The van der Waals surface area contributed by atoms with Gasteiger partial charge >= 0.3 is 0 Å². The van der Waals surface area contributed by atoms with Gasteiger partial charge in [-0.25, -0.2) is 0 Å². The summed E-state index contributed by atoms with van der Waals surface area (Å²) in [6.07, 6.45) is 2.38. The molecule has 1 aliphatic carbocycles. The second-order valence-electron chi connectivity index (χ2n) is 6.51. The first-order valence-corrected chi connectivity index (χ1v) is 8.04. The van der Waals surface area contributed by atoms with Crippen LogP contribution in [0.1, 0.15) is 57.5 Å². The molecule has 0 unspecified atom stereocenters. The average molecular weight is 313 g/mol. The van der Waals surface area contributed by atoms with Gasteiger partial charge in [-0.15, -0.1) is 0 Å². The van der Waals surface area contributed by atoms with Gasteiger partial charge in [0.25, 0.3) is 11.5 Å². The highest BCUT2D eigenvalue weighted by atomic mass is 16.1. The van der Waals surface area contributed by atoms with Crippen LogP contribution in [0.25, 0.3) is 0 Å². The molecule has 5 heteroatoms. The lowest BCUT2D eigenvalue weighted by atomic mass is 10.1. The lowest BCUT2D eigenvalue weighted by Crippen LogP contribution is -2.28. The molecule has 1 fully saturated rings. The number of carbonyl (C=O) groups excluding carboxylic acids is 1. The molecule has 0 atom stereocenters. The second-order valence-corrected chi connectivity index (χ2v) is 6.51. The summed E-state index contributed by atoms with van der Waals surface area (Å²) in [7, 11) is 0. The van der Waals surface area contributed by atoms with Crippen molar-refractivity contribution in [3.63, 3.8) is 0 Å². The first-order valence-electron chi connectivity index (χ1n) is 8.04. The molecule has 2 N–H and O–H groups in total. The van der Waals surface area contributed by atoms with Crippen LogP contribution in [0.2, 0.25) is 0 Å². The Morgan fingerprint density at radius 3 is 2.57 bits per heavy atom. The van der Waals surface area contributed by atoms with Crippen molar-refractivity contribution in [2.24, 2.45) is 0 Å². The van der Waals surface area contributed by atoms with Gasteiger partial charge in [0.05, 0.1) is 5.56 Å². The molecule has 122 valence electrons. The Balaban J connectivity index is 1.78. The Hall–Kier alpha value is -2.30. The molecule has 23 heavy (non-hydrogen) atoms. The Morgan fingerprint density at radius 1 is 1.26 bits per heavy atom. The third-order valence-electron chi connectivity index (χ3n) is 4.56. The SMILES string of the molecule is Cc1cc(C)c(CNC(=O)c2cc(C)n(C3CC3)c2C)c(=O)[nH]1. The van der Waals surface area contributed by atoms with Gasteiger partial charge in [-0.2, -0.15) is 0 Å². The maximum atomic E-state index is 12.5. The number of hydrogen-bond acceptors (Lipinski definition) is 2. The Labute approximate surface area is 135 Å². The lowest BCUT2D eigenvalue weighted by molar-refractivity contribution is 0.0950. The smallest absolute Gasteiger partial charge is 0.253 e. The van der Waals surface area contributed by atoms with E-state index < -0.39 is 0 Å². The van der Waals surface area contributed by atoms with Gasteiger partial charge in [-0.1, -0.05) is 0 Å². The van der Waals surface area contributed by atoms with E-state index in [1.807, 2.05) is 39.8 Å². The molecule has 0 saturated heterocycles. The van der Waals surface area contributed by atoms with Crippen molar-refractivity contribution in [3.8, 4) is 0 Å². The fourth-order valence-electron chi connectivity index (χ4n) is 3.27. The van der Waals surface area contributed by atoms with Crippen molar-refractivity contribution in [2.45, 2.75) is 53.1 Å². The van der Waals surface area contributed by atoms with Gasteiger partial charge in [0.15, 0.2) is 0 Å². The van der Waals surface area contributed by atoms with Crippen LogP contribution in [0.3, 0.4) is 0 Å². The fourth-order valence-corrected chi connectivity index (χ4v) is 3.27. The van der Waals surface area contributed by atoms with Crippen molar-refractivity contribution in [2.75, 3.05) is 0 Å². The van der Waals surface area contributed by atoms with Gasteiger partial charge in [-0.05, 0) is 58.2 Å². The molecule has 1 aliphatic rings. The minimum absolute atomic E-state index is 0.121. The van der Waals surface area contributed by atoms with Crippen LogP contribution in [0.5, 0.6) is 0 Å². The zero-order valence-electron chi connectivity index (χ0n) is 14.1. The summed E-state index contributed by atoms with van der Waals surface area (Å²) in [5.41, 5.74) is 5.05. The number of hydrogen-bond donors (Lipinski definition) is 2. The van der Waals surface area contributed by atoms with E-state index in [0.29, 0.717) is 17.2 Å². The zero-order chi connectivity index (χ0) is 16.7. The third-order valence-corrected chi connectivity index (χ3v) is 4.56. The Bertz CT molecular complexity index is 826. The average Bonchev–Trinajstić information content (AvgIpc) is 3.23. The molecule has 2 aromatic heterocycles. The summed E-state index contributed by atoms with van der Waals surface area (Å²) in [5.74, 6) is -0.121. The molecule has 3 rings (SSSR count). The van der Waals surface area contributed by atoms with E-state index in [-0.39, 0.29) is 18.0 Å². The lowest BCUT2D eigenvalue weighted by Gasteiger charge is -2.09. The number of rotatable bonds is 4. The van der Waals surface area contributed by atoms with E-state index in [1.54, 1.807) is 0 Å². The largest absolute Gasteiger partial charge is 0.348 e. The van der Waals surface area contributed by atoms with E-state index in [2.05, 4.69) is 14.9 Å². The number of aromatic nitrogens is 2. The Kier molecular flexibility index (Phi) is 3.88. The van der Waals surface area contributed by atoms with Crippen LogP contribution in [0.15, 0.2) is 16.9 Å². The topological polar surface area (TPSA) is 66.9 Å². The first kappa shape index (κ1) is 15.6. The molecule has 1 amide bonds.